The van der Waals surface area contributed by atoms with Crippen LogP contribution >= 0.6 is 23.2 Å². The number of anilines is 1. The van der Waals surface area contributed by atoms with E-state index >= 15 is 0 Å². The first-order valence-electron chi connectivity index (χ1n) is 8.32. The first-order valence-corrected chi connectivity index (χ1v) is 10.9. The maximum atomic E-state index is 12.4. The Labute approximate surface area is 173 Å². The number of hydrogen-bond donors (Lipinski definition) is 1. The van der Waals surface area contributed by atoms with Gasteiger partial charge in [-0.1, -0.05) is 41.4 Å². The third-order valence-electron chi connectivity index (χ3n) is 3.98. The number of hydrogen-bond acceptors (Lipinski definition) is 5. The van der Waals surface area contributed by atoms with Gasteiger partial charge in [0.1, 0.15) is 19.3 Å². The van der Waals surface area contributed by atoms with Crippen molar-refractivity contribution in [1.29, 1.82) is 0 Å². The standard InChI is InChI=1S/C18H18Cl2N2O5S/c1-28(24,25)22(14-6-4-5-13(19)18(14)20)10-17(23)21-9-12-11-26-15-7-2-3-8-16(15)27-12/h2-8,12H,9-11H2,1H3,(H,21,23). The first-order chi connectivity index (χ1) is 13.3. The second-order valence-corrected chi connectivity index (χ2v) is 8.84. The fraction of sp³-hybridized carbons (Fsp3) is 0.278. The number of benzene rings is 2. The molecule has 1 aliphatic heterocycles. The lowest BCUT2D eigenvalue weighted by atomic mass is 10.2. The second kappa shape index (κ2) is 8.46. The summed E-state index contributed by atoms with van der Waals surface area (Å²) in [4.78, 5) is 12.4. The molecule has 0 radical (unpaired) electrons. The third-order valence-corrected chi connectivity index (χ3v) is 5.92. The minimum absolute atomic E-state index is 0.0583. The number of fused-ring (bicyclic) bond motifs is 1. The highest BCUT2D eigenvalue weighted by atomic mass is 35.5. The van der Waals surface area contributed by atoms with Gasteiger partial charge in [-0.25, -0.2) is 8.42 Å². The largest absolute Gasteiger partial charge is 0.486 e. The van der Waals surface area contributed by atoms with E-state index in [1.165, 1.54) is 12.1 Å². The molecule has 0 aromatic heterocycles. The number of halogens is 2. The minimum Gasteiger partial charge on any atom is -0.486 e. The summed E-state index contributed by atoms with van der Waals surface area (Å²) >= 11 is 12.1. The Balaban J connectivity index is 1.64. The molecule has 2 aromatic carbocycles. The van der Waals surface area contributed by atoms with Crippen molar-refractivity contribution in [1.82, 2.24) is 5.32 Å². The summed E-state index contributed by atoms with van der Waals surface area (Å²) in [7, 11) is -3.76. The Morgan fingerprint density at radius 3 is 2.61 bits per heavy atom. The van der Waals surface area contributed by atoms with E-state index in [-0.39, 0.29) is 35.0 Å². The van der Waals surface area contributed by atoms with Crippen LogP contribution in [-0.4, -0.2) is 46.4 Å². The summed E-state index contributed by atoms with van der Waals surface area (Å²) in [6.07, 6.45) is 0.604. The molecule has 1 heterocycles. The molecule has 0 saturated carbocycles. The topological polar surface area (TPSA) is 84.9 Å². The molecule has 0 aliphatic carbocycles. The molecule has 2 aromatic rings. The van der Waals surface area contributed by atoms with Crippen LogP contribution in [0.3, 0.4) is 0 Å². The lowest BCUT2D eigenvalue weighted by molar-refractivity contribution is -0.120. The smallest absolute Gasteiger partial charge is 0.240 e. The van der Waals surface area contributed by atoms with Crippen molar-refractivity contribution in [2.75, 3.05) is 30.3 Å². The van der Waals surface area contributed by atoms with Crippen LogP contribution in [0.25, 0.3) is 0 Å². The predicted octanol–water partition coefficient (Wildman–Crippen LogP) is 2.72. The molecule has 0 bridgehead atoms. The predicted molar refractivity (Wildman–Crippen MR) is 108 cm³/mol. The number of nitrogens with zero attached hydrogens (tertiary/aromatic N) is 1. The van der Waals surface area contributed by atoms with Gasteiger partial charge in [0.15, 0.2) is 11.5 Å². The lowest BCUT2D eigenvalue weighted by Crippen LogP contribution is -2.45. The van der Waals surface area contributed by atoms with Gasteiger partial charge in [0.25, 0.3) is 0 Å². The van der Waals surface area contributed by atoms with Crippen LogP contribution < -0.4 is 19.1 Å². The maximum Gasteiger partial charge on any atom is 0.240 e. The highest BCUT2D eigenvalue weighted by molar-refractivity contribution is 7.92. The molecule has 0 fully saturated rings. The number of carbonyl (C=O) groups excluding carboxylic acids is 1. The van der Waals surface area contributed by atoms with Gasteiger partial charge >= 0.3 is 0 Å². The van der Waals surface area contributed by atoms with Gasteiger partial charge in [0.2, 0.25) is 15.9 Å². The average Bonchev–Trinajstić information content (AvgIpc) is 2.66. The molecule has 1 N–H and O–H groups in total. The summed E-state index contributed by atoms with van der Waals surface area (Å²) in [6, 6.07) is 11.8. The van der Waals surface area contributed by atoms with Gasteiger partial charge in [-0.05, 0) is 24.3 Å². The van der Waals surface area contributed by atoms with Crippen molar-refractivity contribution in [3.05, 3.63) is 52.5 Å². The molecule has 1 unspecified atom stereocenters. The quantitative estimate of drug-likeness (QED) is 0.739. The normalized spacial score (nSPS) is 15.8. The zero-order valence-corrected chi connectivity index (χ0v) is 17.2. The Morgan fingerprint density at radius 2 is 1.89 bits per heavy atom. The van der Waals surface area contributed by atoms with Gasteiger partial charge in [0.05, 0.1) is 28.5 Å². The average molecular weight is 445 g/mol. The van der Waals surface area contributed by atoms with Crippen LogP contribution in [0.15, 0.2) is 42.5 Å². The number of rotatable bonds is 6. The number of amides is 1. The Bertz CT molecular complexity index is 984. The van der Waals surface area contributed by atoms with Gasteiger partial charge < -0.3 is 14.8 Å². The maximum absolute atomic E-state index is 12.4. The van der Waals surface area contributed by atoms with Crippen LogP contribution in [0, 0.1) is 0 Å². The molecular formula is C18H18Cl2N2O5S. The summed E-state index contributed by atoms with van der Waals surface area (Å²) in [5.74, 6) is 0.726. The van der Waals surface area contributed by atoms with Crippen molar-refractivity contribution in [3.8, 4) is 11.5 Å². The Morgan fingerprint density at radius 1 is 1.18 bits per heavy atom. The first kappa shape index (κ1) is 20.6. The Kier molecular flexibility index (Phi) is 6.22. The van der Waals surface area contributed by atoms with Gasteiger partial charge in [0, 0.05) is 0 Å². The molecule has 7 nitrogen and oxygen atoms in total. The van der Waals surface area contributed by atoms with E-state index in [1.54, 1.807) is 18.2 Å². The van der Waals surface area contributed by atoms with E-state index in [0.29, 0.717) is 11.5 Å². The summed E-state index contributed by atoms with van der Waals surface area (Å²) < 4.78 is 36.6. The fourth-order valence-electron chi connectivity index (χ4n) is 2.64. The van der Waals surface area contributed by atoms with Crippen LogP contribution in [0.4, 0.5) is 5.69 Å². The van der Waals surface area contributed by atoms with E-state index in [0.717, 1.165) is 10.6 Å². The molecule has 3 rings (SSSR count). The fourth-order valence-corrected chi connectivity index (χ4v) is 3.95. The number of nitrogens with one attached hydrogen (secondary N) is 1. The highest BCUT2D eigenvalue weighted by Crippen LogP contribution is 2.33. The van der Waals surface area contributed by atoms with E-state index in [2.05, 4.69) is 5.32 Å². The van der Waals surface area contributed by atoms with Gasteiger partial charge in [-0.15, -0.1) is 0 Å². The van der Waals surface area contributed by atoms with Crippen LogP contribution in [-0.2, 0) is 14.8 Å². The molecule has 10 heteroatoms. The summed E-state index contributed by atoms with van der Waals surface area (Å²) in [6.45, 7) is -0.00961. The van der Waals surface area contributed by atoms with Crippen LogP contribution in [0.2, 0.25) is 10.0 Å². The Hall–Kier alpha value is -2.16. The summed E-state index contributed by atoms with van der Waals surface area (Å²) in [5.41, 5.74) is 0.137. The highest BCUT2D eigenvalue weighted by Gasteiger charge is 2.25. The zero-order valence-electron chi connectivity index (χ0n) is 14.9. The lowest BCUT2D eigenvalue weighted by Gasteiger charge is -2.27. The van der Waals surface area contributed by atoms with E-state index < -0.39 is 22.5 Å². The summed E-state index contributed by atoms with van der Waals surface area (Å²) in [5, 5.41) is 2.92. The molecule has 28 heavy (non-hydrogen) atoms. The third kappa shape index (κ3) is 4.81. The van der Waals surface area contributed by atoms with Crippen molar-refractivity contribution in [3.63, 3.8) is 0 Å². The zero-order chi connectivity index (χ0) is 20.3. The number of carbonyl (C=O) groups is 1. The molecule has 0 spiro atoms. The van der Waals surface area contributed by atoms with Crippen LogP contribution in [0.1, 0.15) is 0 Å². The minimum atomic E-state index is -3.76. The molecule has 1 amide bonds. The van der Waals surface area contributed by atoms with Crippen molar-refractivity contribution in [2.45, 2.75) is 6.10 Å². The second-order valence-electron chi connectivity index (χ2n) is 6.14. The van der Waals surface area contributed by atoms with Gasteiger partial charge in [-0.2, -0.15) is 0 Å². The molecule has 0 saturated heterocycles. The number of ether oxygens (including phenoxy) is 2. The van der Waals surface area contributed by atoms with E-state index in [1.807, 2.05) is 12.1 Å². The van der Waals surface area contributed by atoms with Gasteiger partial charge in [-0.3, -0.25) is 9.10 Å². The SMILES string of the molecule is CS(=O)(=O)N(CC(=O)NCC1COc2ccccc2O1)c1cccc(Cl)c1Cl. The van der Waals surface area contributed by atoms with Crippen molar-refractivity contribution in [2.24, 2.45) is 0 Å². The van der Waals surface area contributed by atoms with E-state index in [9.17, 15) is 13.2 Å². The van der Waals surface area contributed by atoms with Crippen molar-refractivity contribution >= 4 is 44.8 Å². The number of para-hydroxylation sites is 2. The molecule has 150 valence electrons. The van der Waals surface area contributed by atoms with E-state index in [4.69, 9.17) is 32.7 Å². The van der Waals surface area contributed by atoms with Crippen molar-refractivity contribution < 1.29 is 22.7 Å². The van der Waals surface area contributed by atoms with Crippen LogP contribution in [0.5, 0.6) is 11.5 Å². The molecular weight excluding hydrogens is 427 g/mol. The monoisotopic (exact) mass is 444 g/mol. The molecule has 1 aliphatic rings. The molecule has 1 atom stereocenters. The number of sulfonamides is 1.